The van der Waals surface area contributed by atoms with Gasteiger partial charge in [-0.2, -0.15) is 0 Å². The fourth-order valence-electron chi connectivity index (χ4n) is 4.61. The van der Waals surface area contributed by atoms with Crippen molar-refractivity contribution >= 4 is 22.6 Å². The molecular weight excluding hydrogens is 426 g/mol. The molecule has 4 aromatic rings. The molecule has 1 atom stereocenters. The van der Waals surface area contributed by atoms with Crippen molar-refractivity contribution in [2.75, 3.05) is 13.1 Å². The first-order valence-corrected chi connectivity index (χ1v) is 11.6. The molecule has 1 fully saturated rings. The Balaban J connectivity index is 1.24. The number of nitrogens with one attached hydrogen (secondary N) is 1. The van der Waals surface area contributed by atoms with Crippen LogP contribution in [0.5, 0.6) is 0 Å². The van der Waals surface area contributed by atoms with Gasteiger partial charge in [-0.05, 0) is 54.3 Å². The van der Waals surface area contributed by atoms with Crippen LogP contribution in [0, 0.1) is 12.8 Å². The molecule has 0 unspecified atom stereocenters. The number of rotatable bonds is 5. The second kappa shape index (κ2) is 9.47. The Labute approximate surface area is 198 Å². The minimum atomic E-state index is -0.218. The summed E-state index contributed by atoms with van der Waals surface area (Å²) in [6.45, 7) is 3.44. The smallest absolute Gasteiger partial charge is 0.254 e. The Morgan fingerprint density at radius 2 is 1.91 bits per heavy atom. The zero-order chi connectivity index (χ0) is 23.5. The highest BCUT2D eigenvalue weighted by molar-refractivity contribution is 6.07. The molecule has 1 N–H and O–H groups in total. The zero-order valence-electron chi connectivity index (χ0n) is 19.1. The highest BCUT2D eigenvalue weighted by Gasteiger charge is 2.29. The molecule has 2 aromatic carbocycles. The predicted molar refractivity (Wildman–Crippen MR) is 131 cm³/mol. The van der Waals surface area contributed by atoms with E-state index in [0.29, 0.717) is 25.2 Å². The van der Waals surface area contributed by atoms with E-state index in [1.54, 1.807) is 12.4 Å². The Kier molecular flexibility index (Phi) is 6.08. The highest BCUT2D eigenvalue weighted by Crippen LogP contribution is 2.24. The maximum Gasteiger partial charge on any atom is 0.254 e. The number of hydrogen-bond acceptors (Lipinski definition) is 4. The number of carbonyl (C=O) groups is 2. The standard InChI is InChI=1S/C27H27N5O2/c1-19-28-13-15-32(19)25-16-20(11-12-29-25)17-30-26(33)22-8-5-14-31(18-22)27(34)24-10-4-7-21-6-2-3-9-23(21)24/h2-4,6-7,9-13,15-16,22H,5,8,14,17-18H2,1H3,(H,30,33)/t22-/m0/s1. The molecule has 7 nitrogen and oxygen atoms in total. The number of fused-ring (bicyclic) bond motifs is 1. The molecule has 0 saturated carbocycles. The molecule has 0 bridgehead atoms. The Bertz CT molecular complexity index is 1340. The van der Waals surface area contributed by atoms with Crippen LogP contribution in [0.3, 0.4) is 0 Å². The number of pyridine rings is 1. The number of aromatic nitrogens is 3. The molecule has 2 amide bonds. The number of hydrogen-bond donors (Lipinski definition) is 1. The summed E-state index contributed by atoms with van der Waals surface area (Å²) >= 11 is 0. The summed E-state index contributed by atoms with van der Waals surface area (Å²) in [6.07, 6.45) is 6.93. The number of carbonyl (C=O) groups excluding carboxylic acids is 2. The van der Waals surface area contributed by atoms with Gasteiger partial charge in [0.2, 0.25) is 5.91 Å². The molecule has 1 saturated heterocycles. The summed E-state index contributed by atoms with van der Waals surface area (Å²) < 4.78 is 1.91. The summed E-state index contributed by atoms with van der Waals surface area (Å²) in [5.74, 6) is 1.37. The molecule has 7 heteroatoms. The summed E-state index contributed by atoms with van der Waals surface area (Å²) in [4.78, 5) is 36.8. The summed E-state index contributed by atoms with van der Waals surface area (Å²) in [6, 6.07) is 17.6. The van der Waals surface area contributed by atoms with E-state index >= 15 is 0 Å². The van der Waals surface area contributed by atoms with Gasteiger partial charge in [0, 0.05) is 43.8 Å². The van der Waals surface area contributed by atoms with E-state index in [1.165, 1.54) is 0 Å². The minimum Gasteiger partial charge on any atom is -0.352 e. The van der Waals surface area contributed by atoms with Crippen LogP contribution in [0.2, 0.25) is 0 Å². The van der Waals surface area contributed by atoms with Crippen molar-refractivity contribution in [2.45, 2.75) is 26.3 Å². The summed E-state index contributed by atoms with van der Waals surface area (Å²) in [7, 11) is 0. The first-order chi connectivity index (χ1) is 16.6. The molecule has 5 rings (SSSR count). The van der Waals surface area contributed by atoms with Crippen molar-refractivity contribution in [3.8, 4) is 5.82 Å². The third-order valence-electron chi connectivity index (χ3n) is 6.45. The van der Waals surface area contributed by atoms with Gasteiger partial charge in [-0.3, -0.25) is 14.2 Å². The van der Waals surface area contributed by atoms with Gasteiger partial charge in [-0.25, -0.2) is 9.97 Å². The lowest BCUT2D eigenvalue weighted by Gasteiger charge is -2.32. The van der Waals surface area contributed by atoms with Crippen LogP contribution in [0.15, 0.2) is 73.2 Å². The number of likely N-dealkylation sites (tertiary alicyclic amines) is 1. The zero-order valence-corrected chi connectivity index (χ0v) is 19.1. The average Bonchev–Trinajstić information content (AvgIpc) is 3.32. The van der Waals surface area contributed by atoms with Gasteiger partial charge >= 0.3 is 0 Å². The van der Waals surface area contributed by atoms with E-state index < -0.39 is 0 Å². The first-order valence-electron chi connectivity index (χ1n) is 11.6. The van der Waals surface area contributed by atoms with Gasteiger partial charge < -0.3 is 10.2 Å². The van der Waals surface area contributed by atoms with Crippen molar-refractivity contribution in [1.29, 1.82) is 0 Å². The fraction of sp³-hybridized carbons (Fsp3) is 0.259. The Morgan fingerprint density at radius 3 is 2.76 bits per heavy atom. The van der Waals surface area contributed by atoms with E-state index in [9.17, 15) is 9.59 Å². The van der Waals surface area contributed by atoms with Gasteiger partial charge in [0.15, 0.2) is 0 Å². The minimum absolute atomic E-state index is 0.0104. The lowest BCUT2D eigenvalue weighted by Crippen LogP contribution is -2.45. The molecule has 172 valence electrons. The second-order valence-electron chi connectivity index (χ2n) is 8.70. The van der Waals surface area contributed by atoms with E-state index in [-0.39, 0.29) is 17.7 Å². The van der Waals surface area contributed by atoms with Crippen LogP contribution in [0.1, 0.15) is 34.6 Å². The molecule has 2 aromatic heterocycles. The molecule has 1 aliphatic rings. The third kappa shape index (κ3) is 4.41. The Morgan fingerprint density at radius 1 is 1.06 bits per heavy atom. The van der Waals surface area contributed by atoms with Crippen LogP contribution in [-0.4, -0.2) is 44.3 Å². The predicted octanol–water partition coefficient (Wildman–Crippen LogP) is 3.90. The van der Waals surface area contributed by atoms with Crippen LogP contribution < -0.4 is 5.32 Å². The number of imidazole rings is 1. The van der Waals surface area contributed by atoms with Gasteiger partial charge in [0.05, 0.1) is 5.92 Å². The maximum atomic E-state index is 13.3. The molecule has 0 spiro atoms. The van der Waals surface area contributed by atoms with E-state index in [1.807, 2.05) is 77.2 Å². The first kappa shape index (κ1) is 21.8. The molecule has 0 radical (unpaired) electrons. The average molecular weight is 454 g/mol. The van der Waals surface area contributed by atoms with Crippen LogP contribution in [0.25, 0.3) is 16.6 Å². The quantitative estimate of drug-likeness (QED) is 0.497. The van der Waals surface area contributed by atoms with Crippen LogP contribution in [0.4, 0.5) is 0 Å². The van der Waals surface area contributed by atoms with Crippen molar-refractivity contribution in [2.24, 2.45) is 5.92 Å². The molecule has 34 heavy (non-hydrogen) atoms. The second-order valence-corrected chi connectivity index (χ2v) is 8.70. The van der Waals surface area contributed by atoms with Crippen molar-refractivity contribution in [1.82, 2.24) is 24.8 Å². The maximum absolute atomic E-state index is 13.3. The lowest BCUT2D eigenvalue weighted by molar-refractivity contribution is -0.126. The van der Waals surface area contributed by atoms with Crippen molar-refractivity contribution < 1.29 is 9.59 Å². The summed E-state index contributed by atoms with van der Waals surface area (Å²) in [5.41, 5.74) is 1.66. The van der Waals surface area contributed by atoms with Gasteiger partial charge in [0.1, 0.15) is 11.6 Å². The van der Waals surface area contributed by atoms with Crippen molar-refractivity contribution in [3.05, 3.63) is 90.1 Å². The molecule has 1 aliphatic heterocycles. The van der Waals surface area contributed by atoms with Gasteiger partial charge in [-0.1, -0.05) is 36.4 Å². The van der Waals surface area contributed by atoms with E-state index in [4.69, 9.17) is 0 Å². The van der Waals surface area contributed by atoms with Gasteiger partial charge in [-0.15, -0.1) is 0 Å². The lowest BCUT2D eigenvalue weighted by atomic mass is 9.95. The van der Waals surface area contributed by atoms with Crippen molar-refractivity contribution in [3.63, 3.8) is 0 Å². The number of nitrogens with zero attached hydrogens (tertiary/aromatic N) is 4. The largest absolute Gasteiger partial charge is 0.352 e. The normalized spacial score (nSPS) is 15.9. The molecule has 3 heterocycles. The number of piperidine rings is 1. The number of amides is 2. The Hall–Kier alpha value is -4.00. The molecule has 0 aliphatic carbocycles. The number of aryl methyl sites for hydroxylation is 1. The van der Waals surface area contributed by atoms with Gasteiger partial charge in [0.25, 0.3) is 5.91 Å². The summed E-state index contributed by atoms with van der Waals surface area (Å²) in [5, 5.41) is 5.05. The van der Waals surface area contributed by atoms with Crippen LogP contribution >= 0.6 is 0 Å². The SMILES string of the molecule is Cc1nccn1-c1cc(CNC(=O)[C@H]2CCCN(C(=O)c3cccc4ccccc34)C2)ccn1. The topological polar surface area (TPSA) is 80.1 Å². The third-order valence-corrected chi connectivity index (χ3v) is 6.45. The fourth-order valence-corrected chi connectivity index (χ4v) is 4.61. The number of benzene rings is 2. The highest BCUT2D eigenvalue weighted by atomic mass is 16.2. The molecular formula is C27H27N5O2. The van der Waals surface area contributed by atoms with Crippen LogP contribution in [-0.2, 0) is 11.3 Å². The van der Waals surface area contributed by atoms with E-state index in [2.05, 4.69) is 15.3 Å². The van der Waals surface area contributed by atoms with E-state index in [0.717, 1.165) is 40.8 Å². The monoisotopic (exact) mass is 453 g/mol.